The van der Waals surface area contributed by atoms with Crippen LogP contribution in [0.1, 0.15) is 88.5 Å². The molecule has 11 atom stereocenters. The summed E-state index contributed by atoms with van der Waals surface area (Å²) in [6.07, 6.45) is -10.6. The first kappa shape index (κ1) is 38.2. The number of hydrogen-bond donors (Lipinski definition) is 6. The third kappa shape index (κ3) is 6.06. The molecule has 6 N–H and O–H groups in total. The van der Waals surface area contributed by atoms with Gasteiger partial charge in [-0.2, -0.15) is 0 Å². The van der Waals surface area contributed by atoms with Gasteiger partial charge >= 0.3 is 18.0 Å². The van der Waals surface area contributed by atoms with Crippen LogP contribution in [0.5, 0.6) is 0 Å². The minimum absolute atomic E-state index is 0.0152. The van der Waals surface area contributed by atoms with Crippen molar-refractivity contribution in [3.63, 3.8) is 0 Å². The predicted molar refractivity (Wildman–Crippen MR) is 168 cm³/mol. The summed E-state index contributed by atoms with van der Waals surface area (Å²) in [5.74, 6) is -4.27. The molecule has 0 radical (unpaired) electrons. The van der Waals surface area contributed by atoms with Crippen LogP contribution >= 0.6 is 0 Å². The number of amides is 1. The van der Waals surface area contributed by atoms with E-state index in [-0.39, 0.29) is 36.5 Å². The van der Waals surface area contributed by atoms with E-state index in [1.807, 2.05) is 13.8 Å². The first-order chi connectivity index (χ1) is 21.8. The molecule has 1 amide bonds. The molecule has 1 heterocycles. The molecule has 2 bridgehead atoms. The molecule has 3 fully saturated rings. The van der Waals surface area contributed by atoms with E-state index in [9.17, 15) is 44.7 Å². The van der Waals surface area contributed by atoms with Gasteiger partial charge in [0.1, 0.15) is 29.5 Å². The van der Waals surface area contributed by atoms with Crippen LogP contribution in [0.3, 0.4) is 0 Å². The standard InChI is InChI=1S/C34H53NO13/c1-15(2)11-18(35-29(43)48-30(5,6)7)23(38)28(42)46-19-13-34(44)27(41)25-32(10,26(40)24(39)22(16(19)3)31(34,8)9)20(37)12-21-33(25,14-45-21)47-17(4)36/h15,18-21,23-25,27,37-39,41,44H,11-14H2,1-10H3,(H,35,43)/t18-,19-,20-,21+,23+,24+,25-,27-,32+,33-,34+/m0/s1. The molecule has 272 valence electrons. The van der Waals surface area contributed by atoms with E-state index in [4.69, 9.17) is 18.9 Å². The molecule has 4 aliphatic rings. The molecule has 0 spiro atoms. The van der Waals surface area contributed by atoms with Crippen LogP contribution in [0.25, 0.3) is 0 Å². The number of aliphatic hydroxyl groups excluding tert-OH is 4. The molecular weight excluding hydrogens is 630 g/mol. The fraction of sp³-hybridized carbons (Fsp3) is 0.824. The number of nitrogens with one attached hydrogen (secondary N) is 1. The van der Waals surface area contributed by atoms with Gasteiger partial charge in [0.05, 0.1) is 30.3 Å². The number of carbonyl (C=O) groups excluding carboxylic acids is 4. The van der Waals surface area contributed by atoms with Crippen LogP contribution in [-0.2, 0) is 33.3 Å². The maximum atomic E-state index is 14.4. The van der Waals surface area contributed by atoms with Crippen LogP contribution in [-0.4, -0.2) is 115 Å². The molecule has 1 aliphatic heterocycles. The Hall–Kier alpha value is -2.62. The van der Waals surface area contributed by atoms with Gasteiger partial charge in [0.25, 0.3) is 0 Å². The van der Waals surface area contributed by atoms with E-state index in [1.54, 1.807) is 20.8 Å². The number of carbonyl (C=O) groups is 4. The van der Waals surface area contributed by atoms with Crippen molar-refractivity contribution in [3.05, 3.63) is 11.1 Å². The number of ketones is 1. The van der Waals surface area contributed by atoms with Crippen molar-refractivity contribution in [2.75, 3.05) is 6.61 Å². The van der Waals surface area contributed by atoms with E-state index in [0.717, 1.165) is 6.92 Å². The van der Waals surface area contributed by atoms with Gasteiger partial charge in [-0.1, -0.05) is 27.7 Å². The largest absolute Gasteiger partial charge is 0.456 e. The lowest BCUT2D eigenvalue weighted by atomic mass is 9.44. The van der Waals surface area contributed by atoms with E-state index < -0.39 is 106 Å². The Morgan fingerprint density at radius 1 is 1.10 bits per heavy atom. The lowest BCUT2D eigenvalue weighted by molar-refractivity contribution is -0.346. The second kappa shape index (κ2) is 12.6. The Bertz CT molecular complexity index is 1350. The molecule has 3 aliphatic carbocycles. The van der Waals surface area contributed by atoms with E-state index in [1.165, 1.54) is 27.7 Å². The Balaban J connectivity index is 1.77. The summed E-state index contributed by atoms with van der Waals surface area (Å²) in [5, 5.41) is 61.8. The van der Waals surface area contributed by atoms with Crippen LogP contribution in [0.4, 0.5) is 4.79 Å². The molecule has 14 heteroatoms. The van der Waals surface area contributed by atoms with Gasteiger partial charge < -0.3 is 49.8 Å². The number of Topliss-reactive ketones (excluding diaryl/α,β-unsaturated/α-hetero) is 1. The van der Waals surface area contributed by atoms with E-state index in [2.05, 4.69) is 5.32 Å². The molecule has 0 unspecified atom stereocenters. The van der Waals surface area contributed by atoms with Gasteiger partial charge in [-0.3, -0.25) is 9.59 Å². The summed E-state index contributed by atoms with van der Waals surface area (Å²) < 4.78 is 22.5. The van der Waals surface area contributed by atoms with Gasteiger partial charge in [0.2, 0.25) is 0 Å². The Morgan fingerprint density at radius 3 is 2.21 bits per heavy atom. The summed E-state index contributed by atoms with van der Waals surface area (Å²) in [7, 11) is 0. The van der Waals surface area contributed by atoms with Crippen LogP contribution in [0.15, 0.2) is 11.1 Å². The average Bonchev–Trinajstić information content (AvgIpc) is 2.93. The number of alkyl carbamates (subject to hydrolysis) is 1. The first-order valence-corrected chi connectivity index (χ1v) is 16.6. The monoisotopic (exact) mass is 683 g/mol. The summed E-state index contributed by atoms with van der Waals surface area (Å²) in [4.78, 5) is 52.9. The predicted octanol–water partition coefficient (Wildman–Crippen LogP) is 1.07. The maximum absolute atomic E-state index is 14.4. The summed E-state index contributed by atoms with van der Waals surface area (Å²) in [6, 6.07) is -1.12. The van der Waals surface area contributed by atoms with E-state index >= 15 is 0 Å². The summed E-state index contributed by atoms with van der Waals surface area (Å²) in [6.45, 7) is 15.6. The summed E-state index contributed by atoms with van der Waals surface area (Å²) >= 11 is 0. The molecule has 48 heavy (non-hydrogen) atoms. The third-order valence-corrected chi connectivity index (χ3v) is 11.0. The topological polar surface area (TPSA) is 218 Å². The highest BCUT2D eigenvalue weighted by atomic mass is 16.6. The molecule has 2 saturated carbocycles. The Kier molecular flexibility index (Phi) is 10.0. The third-order valence-electron chi connectivity index (χ3n) is 11.0. The highest BCUT2D eigenvalue weighted by molar-refractivity contribution is 5.93. The second-order valence-corrected chi connectivity index (χ2v) is 16.2. The van der Waals surface area contributed by atoms with E-state index in [0.29, 0.717) is 0 Å². The molecule has 0 aromatic rings. The Morgan fingerprint density at radius 2 is 1.71 bits per heavy atom. The lowest BCUT2D eigenvalue weighted by Gasteiger charge is -2.67. The minimum Gasteiger partial charge on any atom is -0.456 e. The normalized spacial score (nSPS) is 38.7. The van der Waals surface area contributed by atoms with Crippen LogP contribution in [0, 0.1) is 22.7 Å². The molecule has 4 rings (SSSR count). The van der Waals surface area contributed by atoms with Crippen molar-refractivity contribution in [3.8, 4) is 0 Å². The van der Waals surface area contributed by atoms with Gasteiger partial charge in [-0.25, -0.2) is 9.59 Å². The van der Waals surface area contributed by atoms with Gasteiger partial charge in [-0.15, -0.1) is 0 Å². The van der Waals surface area contributed by atoms with Crippen molar-refractivity contribution in [1.29, 1.82) is 0 Å². The van der Waals surface area contributed by atoms with Crippen molar-refractivity contribution in [1.82, 2.24) is 5.32 Å². The number of ether oxygens (including phenoxy) is 4. The zero-order valence-corrected chi connectivity index (χ0v) is 29.5. The van der Waals surface area contributed by atoms with Crippen molar-refractivity contribution < 1.29 is 63.7 Å². The van der Waals surface area contributed by atoms with Gasteiger partial charge in [-0.05, 0) is 58.1 Å². The molecule has 0 aromatic carbocycles. The number of rotatable bonds is 7. The summed E-state index contributed by atoms with van der Waals surface area (Å²) in [5.41, 5.74) is -7.93. The number of fused-ring (bicyclic) bond motifs is 5. The molecular formula is C34H53NO13. The number of hydrogen-bond acceptors (Lipinski definition) is 13. The quantitative estimate of drug-likeness (QED) is 0.126. The highest BCUT2D eigenvalue weighted by Crippen LogP contribution is 2.63. The zero-order valence-electron chi connectivity index (χ0n) is 29.5. The fourth-order valence-corrected chi connectivity index (χ4v) is 8.50. The van der Waals surface area contributed by atoms with Gasteiger partial charge in [0, 0.05) is 31.1 Å². The average molecular weight is 684 g/mol. The lowest BCUT2D eigenvalue weighted by Crippen LogP contribution is -2.81. The van der Waals surface area contributed by atoms with Gasteiger partial charge in [0.15, 0.2) is 17.5 Å². The van der Waals surface area contributed by atoms with Crippen molar-refractivity contribution in [2.45, 2.75) is 148 Å². The smallest absolute Gasteiger partial charge is 0.407 e. The maximum Gasteiger partial charge on any atom is 0.407 e. The SMILES string of the molecule is CC(=O)O[C@@]12CO[C@@H]1C[C@H](O)[C@@]1(C)C(=O)[C@H](O)C3=C(C)[C@@H](OC(=O)[C@H](O)[C@H](CC(C)C)NC(=O)OC(C)(C)C)C[C@@](O)([C@@H](O)[C@H]21)C3(C)C. The number of aliphatic hydroxyl groups is 5. The molecule has 14 nitrogen and oxygen atoms in total. The fourth-order valence-electron chi connectivity index (χ4n) is 8.50. The molecule has 1 saturated heterocycles. The van der Waals surface area contributed by atoms with Crippen molar-refractivity contribution in [2.24, 2.45) is 22.7 Å². The molecule has 0 aromatic heterocycles. The second-order valence-electron chi connectivity index (χ2n) is 16.2. The number of esters is 2. The Labute approximate surface area is 281 Å². The zero-order chi connectivity index (χ0) is 36.5. The van der Waals surface area contributed by atoms with Crippen LogP contribution < -0.4 is 5.32 Å². The van der Waals surface area contributed by atoms with Crippen molar-refractivity contribution >= 4 is 23.8 Å². The first-order valence-electron chi connectivity index (χ1n) is 16.6. The van der Waals surface area contributed by atoms with Crippen LogP contribution in [0.2, 0.25) is 0 Å². The minimum atomic E-state index is -2.25. The highest BCUT2D eigenvalue weighted by Gasteiger charge is 2.76.